The molecule has 1 saturated heterocycles. The summed E-state index contributed by atoms with van der Waals surface area (Å²) in [6.07, 6.45) is 13.3. The number of allylic oxidation sites excluding steroid dienone is 4. The Morgan fingerprint density at radius 1 is 1.06 bits per heavy atom. The van der Waals surface area contributed by atoms with E-state index in [2.05, 4.69) is 22.0 Å². The molecule has 0 atom stereocenters. The van der Waals surface area contributed by atoms with Gasteiger partial charge >= 0.3 is 0 Å². The lowest BCUT2D eigenvalue weighted by Crippen LogP contribution is -2.46. The Balaban J connectivity index is 1.14. The smallest absolute Gasteiger partial charge is 0.231 e. The van der Waals surface area contributed by atoms with Crippen molar-refractivity contribution in [3.63, 3.8) is 0 Å². The van der Waals surface area contributed by atoms with Gasteiger partial charge in [0.25, 0.3) is 0 Å². The van der Waals surface area contributed by atoms with Gasteiger partial charge in [-0.2, -0.15) is 0 Å². The van der Waals surface area contributed by atoms with Crippen molar-refractivity contribution in [2.75, 3.05) is 39.3 Å². The molecule has 0 saturated carbocycles. The van der Waals surface area contributed by atoms with Gasteiger partial charge in [-0.25, -0.2) is 8.78 Å². The van der Waals surface area contributed by atoms with Crippen molar-refractivity contribution in [2.24, 2.45) is 0 Å². The number of ether oxygens (including phenoxy) is 3. The van der Waals surface area contributed by atoms with Gasteiger partial charge in [0.2, 0.25) is 5.88 Å². The molecule has 0 amide bonds. The molecular formula is C27H32F2N2O4. The summed E-state index contributed by atoms with van der Waals surface area (Å²) >= 11 is 0. The Hall–Kier alpha value is -3.13. The molecule has 4 rings (SSSR count). The minimum Gasteiger partial charge on any atom is -0.488 e. The van der Waals surface area contributed by atoms with E-state index in [1.165, 1.54) is 0 Å². The van der Waals surface area contributed by atoms with Crippen LogP contribution in [0.1, 0.15) is 49.4 Å². The molecule has 188 valence electrons. The molecule has 0 bridgehead atoms. The minimum atomic E-state index is -0.838. The number of unbranched alkanes of at least 4 members (excludes halogenated alkanes) is 1. The number of Topliss-reactive ketones (excluding diaryl/α,β-unsaturated/α-hetero) is 1. The molecule has 0 aromatic heterocycles. The van der Waals surface area contributed by atoms with Crippen molar-refractivity contribution in [3.8, 4) is 5.75 Å². The molecule has 0 unspecified atom stereocenters. The Kier molecular flexibility index (Phi) is 8.58. The van der Waals surface area contributed by atoms with Gasteiger partial charge in [0, 0.05) is 38.2 Å². The fraction of sp³-hybridized carbons (Fsp3) is 0.444. The molecule has 1 fully saturated rings. The number of piperazine rings is 1. The fourth-order valence-corrected chi connectivity index (χ4v) is 4.26. The molecule has 1 aliphatic carbocycles. The zero-order valence-electron chi connectivity index (χ0n) is 20.1. The largest absolute Gasteiger partial charge is 0.488 e. The Morgan fingerprint density at radius 2 is 1.83 bits per heavy atom. The van der Waals surface area contributed by atoms with Crippen molar-refractivity contribution in [2.45, 2.75) is 39.0 Å². The highest BCUT2D eigenvalue weighted by atomic mass is 19.1. The van der Waals surface area contributed by atoms with Gasteiger partial charge in [-0.1, -0.05) is 25.2 Å². The van der Waals surface area contributed by atoms with E-state index in [9.17, 15) is 13.6 Å². The lowest BCUT2D eigenvalue weighted by molar-refractivity contribution is 0.0834. The molecule has 1 aromatic carbocycles. The topological polar surface area (TPSA) is 51.2 Å². The van der Waals surface area contributed by atoms with Crippen LogP contribution >= 0.6 is 0 Å². The van der Waals surface area contributed by atoms with Crippen LogP contribution in [0.2, 0.25) is 0 Å². The van der Waals surface area contributed by atoms with Crippen LogP contribution in [-0.2, 0) is 9.47 Å². The van der Waals surface area contributed by atoms with Gasteiger partial charge < -0.3 is 19.1 Å². The van der Waals surface area contributed by atoms with Crippen molar-refractivity contribution in [1.82, 2.24) is 9.80 Å². The number of carbonyl (C=O) groups is 1. The highest BCUT2D eigenvalue weighted by Crippen LogP contribution is 2.27. The summed E-state index contributed by atoms with van der Waals surface area (Å²) in [5.74, 6) is -0.897. The second-order valence-electron chi connectivity index (χ2n) is 8.76. The molecule has 35 heavy (non-hydrogen) atoms. The van der Waals surface area contributed by atoms with Crippen molar-refractivity contribution >= 4 is 5.78 Å². The van der Waals surface area contributed by atoms with Crippen molar-refractivity contribution < 1.29 is 27.8 Å². The first kappa shape index (κ1) is 25.0. The Bertz CT molecular complexity index is 1020. The molecule has 8 heteroatoms. The minimum absolute atomic E-state index is 0.0328. The molecule has 6 nitrogen and oxygen atoms in total. The van der Waals surface area contributed by atoms with Crippen molar-refractivity contribution in [1.29, 1.82) is 0 Å². The van der Waals surface area contributed by atoms with Crippen LogP contribution in [-0.4, -0.2) is 54.9 Å². The number of rotatable bonds is 10. The number of benzene rings is 1. The predicted octanol–water partition coefficient (Wildman–Crippen LogP) is 5.30. The van der Waals surface area contributed by atoms with Gasteiger partial charge in [0.15, 0.2) is 35.2 Å². The van der Waals surface area contributed by atoms with Crippen LogP contribution in [0.25, 0.3) is 0 Å². The maximum atomic E-state index is 14.2. The molecule has 0 N–H and O–H groups in total. The SMILES string of the molecule is CCC(=O)c1cc(F)c(OCCCCN2CCN(C3=COC(C4=CC=CCC4)=CO3)CC2)c(F)c1. The summed E-state index contributed by atoms with van der Waals surface area (Å²) in [4.78, 5) is 16.2. The number of nitrogens with zero attached hydrogens (tertiary/aromatic N) is 2. The second kappa shape index (κ2) is 12.0. The van der Waals surface area contributed by atoms with Crippen LogP contribution < -0.4 is 4.74 Å². The predicted molar refractivity (Wildman–Crippen MR) is 129 cm³/mol. The average molecular weight is 487 g/mol. The van der Waals surface area contributed by atoms with Gasteiger partial charge in [0.05, 0.1) is 6.61 Å². The van der Waals surface area contributed by atoms with Crippen LogP contribution in [0.3, 0.4) is 0 Å². The van der Waals surface area contributed by atoms with Crippen molar-refractivity contribution in [3.05, 3.63) is 77.3 Å². The number of hydrogen-bond donors (Lipinski definition) is 0. The quantitative estimate of drug-likeness (QED) is 0.331. The molecule has 1 aromatic rings. The summed E-state index contributed by atoms with van der Waals surface area (Å²) in [7, 11) is 0. The summed E-state index contributed by atoms with van der Waals surface area (Å²) in [5, 5.41) is 0. The van der Waals surface area contributed by atoms with E-state index in [-0.39, 0.29) is 24.4 Å². The normalized spacial score (nSPS) is 18.3. The maximum Gasteiger partial charge on any atom is 0.231 e. The van der Waals surface area contributed by atoms with Gasteiger partial charge in [-0.3, -0.25) is 9.69 Å². The summed E-state index contributed by atoms with van der Waals surface area (Å²) < 4.78 is 45.3. The summed E-state index contributed by atoms with van der Waals surface area (Å²) in [5.41, 5.74) is 1.18. The van der Waals surface area contributed by atoms with Crippen LogP contribution in [0, 0.1) is 11.6 Å². The molecule has 0 radical (unpaired) electrons. The lowest BCUT2D eigenvalue weighted by atomic mass is 10.0. The van der Waals surface area contributed by atoms with Gasteiger partial charge in [-0.15, -0.1) is 0 Å². The standard InChI is InChI=1S/C27H32F2N2O4/c1-2-24(32)21-16-22(28)27(23(29)17-21)33-15-7-6-10-30-11-13-31(14-12-30)26-19-34-25(18-35-26)20-8-4-3-5-9-20/h3-4,8,16-19H,2,5-7,9-15H2,1H3. The van der Waals surface area contributed by atoms with Crippen LogP contribution in [0.5, 0.6) is 5.75 Å². The van der Waals surface area contributed by atoms with E-state index < -0.39 is 17.4 Å². The zero-order valence-corrected chi connectivity index (χ0v) is 20.1. The third-order valence-corrected chi connectivity index (χ3v) is 6.34. The molecule has 2 heterocycles. The third-order valence-electron chi connectivity index (χ3n) is 6.34. The van der Waals surface area contributed by atoms with E-state index in [1.807, 2.05) is 6.08 Å². The van der Waals surface area contributed by atoms with Crippen LogP contribution in [0.15, 0.2) is 60.1 Å². The first-order valence-electron chi connectivity index (χ1n) is 12.3. The summed E-state index contributed by atoms with van der Waals surface area (Å²) in [6, 6.07) is 2.09. The highest BCUT2D eigenvalue weighted by molar-refractivity contribution is 5.96. The molecule has 2 aliphatic heterocycles. The number of hydrogen-bond acceptors (Lipinski definition) is 6. The van der Waals surface area contributed by atoms with Gasteiger partial charge in [-0.05, 0) is 49.9 Å². The van der Waals surface area contributed by atoms with Crippen LogP contribution in [0.4, 0.5) is 8.78 Å². The monoisotopic (exact) mass is 486 g/mol. The number of ketones is 1. The molecular weight excluding hydrogens is 454 g/mol. The van der Waals surface area contributed by atoms with Gasteiger partial charge in [0.1, 0.15) is 6.26 Å². The molecule has 0 spiro atoms. The maximum absolute atomic E-state index is 14.2. The van der Waals surface area contributed by atoms with E-state index in [4.69, 9.17) is 14.2 Å². The lowest BCUT2D eigenvalue weighted by Gasteiger charge is -2.36. The number of carbonyl (C=O) groups excluding carboxylic acids is 1. The first-order valence-corrected chi connectivity index (χ1v) is 12.3. The summed E-state index contributed by atoms with van der Waals surface area (Å²) in [6.45, 7) is 6.20. The van der Waals surface area contributed by atoms with E-state index in [0.717, 1.165) is 81.3 Å². The first-order chi connectivity index (χ1) is 17.0. The fourth-order valence-electron chi connectivity index (χ4n) is 4.26. The number of halogens is 2. The second-order valence-corrected chi connectivity index (χ2v) is 8.76. The van der Waals surface area contributed by atoms with E-state index in [0.29, 0.717) is 6.42 Å². The third kappa shape index (κ3) is 6.51. The average Bonchev–Trinajstić information content (AvgIpc) is 2.90. The zero-order chi connectivity index (χ0) is 24.6. The Labute approximate surface area is 205 Å². The molecule has 3 aliphatic rings. The van der Waals surface area contributed by atoms with E-state index in [1.54, 1.807) is 19.4 Å². The van der Waals surface area contributed by atoms with E-state index >= 15 is 0 Å². The Morgan fingerprint density at radius 3 is 2.46 bits per heavy atom. The highest BCUT2D eigenvalue weighted by Gasteiger charge is 2.22.